The van der Waals surface area contributed by atoms with Gasteiger partial charge in [0.1, 0.15) is 0 Å². The van der Waals surface area contributed by atoms with Gasteiger partial charge in [0, 0.05) is 18.7 Å². The van der Waals surface area contributed by atoms with Gasteiger partial charge in [-0.15, -0.1) is 11.3 Å². The van der Waals surface area contributed by atoms with Crippen LogP contribution in [0.15, 0.2) is 41.8 Å². The zero-order chi connectivity index (χ0) is 21.0. The van der Waals surface area contributed by atoms with Crippen LogP contribution in [0.4, 0.5) is 0 Å². The van der Waals surface area contributed by atoms with E-state index < -0.39 is 0 Å². The van der Waals surface area contributed by atoms with Crippen LogP contribution < -0.4 is 0 Å². The summed E-state index contributed by atoms with van der Waals surface area (Å²) >= 11 is 1.42. The number of esters is 1. The van der Waals surface area contributed by atoms with Gasteiger partial charge in [-0.3, -0.25) is 14.4 Å². The lowest BCUT2D eigenvalue weighted by molar-refractivity contribution is -0.148. The van der Waals surface area contributed by atoms with Crippen LogP contribution in [0, 0.1) is 5.92 Å². The fraction of sp³-hybridized carbons (Fsp3) is 0.435. The smallest absolute Gasteiger partial charge is 0.309 e. The van der Waals surface area contributed by atoms with E-state index in [0.717, 1.165) is 5.56 Å². The summed E-state index contributed by atoms with van der Waals surface area (Å²) in [5, 5.41) is 1.88. The van der Waals surface area contributed by atoms with Gasteiger partial charge in [-0.25, -0.2) is 0 Å². The number of benzene rings is 1. The minimum atomic E-state index is -0.354. The Kier molecular flexibility index (Phi) is 6.52. The van der Waals surface area contributed by atoms with Crippen LogP contribution in [0.5, 0.6) is 0 Å². The van der Waals surface area contributed by atoms with E-state index in [1.807, 2.05) is 29.6 Å². The first kappa shape index (κ1) is 21.2. The summed E-state index contributed by atoms with van der Waals surface area (Å²) in [5.74, 6) is -0.809. The number of likely N-dealkylation sites (tertiary alicyclic amines) is 1. The van der Waals surface area contributed by atoms with Crippen LogP contribution in [-0.2, 0) is 14.9 Å². The van der Waals surface area contributed by atoms with E-state index in [4.69, 9.17) is 4.74 Å². The van der Waals surface area contributed by atoms with E-state index in [0.29, 0.717) is 36.4 Å². The second-order valence-corrected chi connectivity index (χ2v) is 9.35. The highest BCUT2D eigenvalue weighted by Crippen LogP contribution is 2.23. The highest BCUT2D eigenvalue weighted by Gasteiger charge is 2.29. The van der Waals surface area contributed by atoms with Crippen LogP contribution in [0.2, 0.25) is 0 Å². The number of nitrogens with zero attached hydrogens (tertiary/aromatic N) is 1. The number of ether oxygens (including phenoxy) is 1. The summed E-state index contributed by atoms with van der Waals surface area (Å²) in [4.78, 5) is 39.5. The van der Waals surface area contributed by atoms with E-state index in [1.54, 1.807) is 17.0 Å². The molecular weight excluding hydrogens is 386 g/mol. The molecule has 1 aliphatic heterocycles. The Morgan fingerprint density at radius 1 is 1.07 bits per heavy atom. The van der Waals surface area contributed by atoms with Gasteiger partial charge in [0.25, 0.3) is 5.91 Å². The normalized spacial score (nSPS) is 15.2. The van der Waals surface area contributed by atoms with Crippen molar-refractivity contribution in [3.05, 3.63) is 57.8 Å². The molecule has 5 nitrogen and oxygen atoms in total. The monoisotopic (exact) mass is 413 g/mol. The summed E-state index contributed by atoms with van der Waals surface area (Å²) in [6.45, 7) is 7.15. The Bertz CT molecular complexity index is 857. The number of carbonyl (C=O) groups excluding carboxylic acids is 3. The van der Waals surface area contributed by atoms with Crippen molar-refractivity contribution in [1.29, 1.82) is 0 Å². The molecule has 154 valence electrons. The number of ketones is 1. The van der Waals surface area contributed by atoms with Crippen LogP contribution in [-0.4, -0.2) is 42.3 Å². The summed E-state index contributed by atoms with van der Waals surface area (Å²) in [5.41, 5.74) is 1.71. The van der Waals surface area contributed by atoms with Gasteiger partial charge in [0.05, 0.1) is 10.8 Å². The van der Waals surface area contributed by atoms with Gasteiger partial charge in [0.15, 0.2) is 12.4 Å². The second-order valence-electron chi connectivity index (χ2n) is 8.40. The topological polar surface area (TPSA) is 63.7 Å². The molecule has 2 aromatic rings. The number of Topliss-reactive ketones (excluding diaryl/α,β-unsaturated/α-hetero) is 1. The maximum atomic E-state index is 12.4. The van der Waals surface area contributed by atoms with Gasteiger partial charge in [-0.05, 0) is 35.3 Å². The van der Waals surface area contributed by atoms with Crippen molar-refractivity contribution in [1.82, 2.24) is 4.90 Å². The SMILES string of the molecule is CC(C)(C)c1ccc(C(=O)COC(=O)C2CCN(C(=O)c3cccs3)CC2)cc1. The lowest BCUT2D eigenvalue weighted by Gasteiger charge is -2.30. The first-order valence-electron chi connectivity index (χ1n) is 9.89. The van der Waals surface area contributed by atoms with E-state index in [2.05, 4.69) is 20.8 Å². The number of hydrogen-bond acceptors (Lipinski definition) is 5. The number of hydrogen-bond donors (Lipinski definition) is 0. The Balaban J connectivity index is 1.46. The average molecular weight is 414 g/mol. The Morgan fingerprint density at radius 3 is 2.28 bits per heavy atom. The van der Waals surface area contributed by atoms with Gasteiger partial charge in [-0.1, -0.05) is 51.1 Å². The molecule has 0 radical (unpaired) electrons. The molecule has 0 N–H and O–H groups in total. The largest absolute Gasteiger partial charge is 0.457 e. The quantitative estimate of drug-likeness (QED) is 0.541. The third kappa shape index (κ3) is 5.32. The van der Waals surface area contributed by atoms with Crippen molar-refractivity contribution in [2.24, 2.45) is 5.92 Å². The standard InChI is InChI=1S/C23H27NO4S/c1-23(2,3)18-8-6-16(7-9-18)19(25)15-28-22(27)17-10-12-24(13-11-17)21(26)20-5-4-14-29-20/h4-9,14,17H,10-13,15H2,1-3H3. The summed E-state index contributed by atoms with van der Waals surface area (Å²) in [6.07, 6.45) is 1.12. The van der Waals surface area contributed by atoms with Gasteiger partial charge in [-0.2, -0.15) is 0 Å². The minimum absolute atomic E-state index is 0.0145. The fourth-order valence-electron chi connectivity index (χ4n) is 3.37. The van der Waals surface area contributed by atoms with Crippen molar-refractivity contribution in [2.75, 3.05) is 19.7 Å². The minimum Gasteiger partial charge on any atom is -0.457 e. The lowest BCUT2D eigenvalue weighted by Crippen LogP contribution is -2.40. The first-order chi connectivity index (χ1) is 13.8. The predicted molar refractivity (Wildman–Crippen MR) is 113 cm³/mol. The van der Waals surface area contributed by atoms with E-state index >= 15 is 0 Å². The molecule has 0 spiro atoms. The fourth-order valence-corrected chi connectivity index (χ4v) is 4.06. The molecule has 1 saturated heterocycles. The molecule has 1 aromatic heterocycles. The molecule has 0 saturated carbocycles. The molecule has 2 heterocycles. The molecule has 1 fully saturated rings. The van der Waals surface area contributed by atoms with Crippen LogP contribution in [0.1, 0.15) is 59.2 Å². The van der Waals surface area contributed by atoms with Crippen molar-refractivity contribution in [3.63, 3.8) is 0 Å². The zero-order valence-corrected chi connectivity index (χ0v) is 18.0. The van der Waals surface area contributed by atoms with Crippen molar-refractivity contribution < 1.29 is 19.1 Å². The first-order valence-corrected chi connectivity index (χ1v) is 10.8. The van der Waals surface area contributed by atoms with Gasteiger partial charge >= 0.3 is 5.97 Å². The lowest BCUT2D eigenvalue weighted by atomic mass is 9.86. The van der Waals surface area contributed by atoms with E-state index in [1.165, 1.54) is 11.3 Å². The summed E-state index contributed by atoms with van der Waals surface area (Å²) in [7, 11) is 0. The maximum absolute atomic E-state index is 12.4. The van der Waals surface area contributed by atoms with Crippen LogP contribution in [0.3, 0.4) is 0 Å². The third-order valence-electron chi connectivity index (χ3n) is 5.27. The summed E-state index contributed by atoms with van der Waals surface area (Å²) in [6, 6.07) is 11.1. The van der Waals surface area contributed by atoms with Gasteiger partial charge in [0.2, 0.25) is 0 Å². The molecule has 0 unspecified atom stereocenters. The van der Waals surface area contributed by atoms with Crippen molar-refractivity contribution >= 4 is 29.0 Å². The van der Waals surface area contributed by atoms with E-state index in [-0.39, 0.29) is 35.6 Å². The van der Waals surface area contributed by atoms with Crippen LogP contribution >= 0.6 is 11.3 Å². The molecule has 3 rings (SSSR count). The van der Waals surface area contributed by atoms with Crippen LogP contribution in [0.25, 0.3) is 0 Å². The average Bonchev–Trinajstić information content (AvgIpc) is 3.25. The molecule has 1 amide bonds. The van der Waals surface area contributed by atoms with Crippen molar-refractivity contribution in [3.8, 4) is 0 Å². The molecule has 0 atom stereocenters. The second kappa shape index (κ2) is 8.91. The highest BCUT2D eigenvalue weighted by molar-refractivity contribution is 7.12. The predicted octanol–water partition coefficient (Wildman–Crippen LogP) is 4.32. The zero-order valence-electron chi connectivity index (χ0n) is 17.1. The number of thiophene rings is 1. The molecule has 0 bridgehead atoms. The molecule has 29 heavy (non-hydrogen) atoms. The molecule has 1 aromatic carbocycles. The number of amides is 1. The number of piperidine rings is 1. The molecule has 0 aliphatic carbocycles. The van der Waals surface area contributed by atoms with Crippen molar-refractivity contribution in [2.45, 2.75) is 39.0 Å². The Hall–Kier alpha value is -2.47. The molecule has 1 aliphatic rings. The number of carbonyl (C=O) groups is 3. The molecular formula is C23H27NO4S. The highest BCUT2D eigenvalue weighted by atomic mass is 32.1. The third-order valence-corrected chi connectivity index (χ3v) is 6.12. The Morgan fingerprint density at radius 2 is 1.72 bits per heavy atom. The Labute approximate surface area is 175 Å². The van der Waals surface area contributed by atoms with Gasteiger partial charge < -0.3 is 9.64 Å². The number of rotatable bonds is 5. The maximum Gasteiger partial charge on any atom is 0.309 e. The molecule has 6 heteroatoms. The van der Waals surface area contributed by atoms with E-state index in [9.17, 15) is 14.4 Å². The summed E-state index contributed by atoms with van der Waals surface area (Å²) < 4.78 is 5.27.